The van der Waals surface area contributed by atoms with Crippen molar-refractivity contribution in [2.75, 3.05) is 11.1 Å². The Morgan fingerprint density at radius 1 is 1.32 bits per heavy atom. The number of nitrogens with zero attached hydrogens (tertiary/aromatic N) is 4. The summed E-state index contributed by atoms with van der Waals surface area (Å²) >= 11 is 4.55. The number of hydrogen-bond acceptors (Lipinski definition) is 7. The van der Waals surface area contributed by atoms with Gasteiger partial charge in [-0.1, -0.05) is 25.6 Å². The van der Waals surface area contributed by atoms with Gasteiger partial charge in [0.05, 0.1) is 5.75 Å². The summed E-state index contributed by atoms with van der Waals surface area (Å²) in [5.74, 6) is 1.07. The Kier molecular flexibility index (Phi) is 6.22. The summed E-state index contributed by atoms with van der Waals surface area (Å²) < 4.78 is 2.10. The van der Waals surface area contributed by atoms with Gasteiger partial charge in [-0.15, -0.1) is 32.9 Å². The van der Waals surface area contributed by atoms with E-state index in [1.807, 2.05) is 5.38 Å². The van der Waals surface area contributed by atoms with Gasteiger partial charge in [-0.25, -0.2) is 4.98 Å². The number of thiophene rings is 1. The Morgan fingerprint density at radius 2 is 2.20 bits per heavy atom. The second kappa shape index (κ2) is 8.59. The summed E-state index contributed by atoms with van der Waals surface area (Å²) in [6.45, 7) is 5.10. The van der Waals surface area contributed by atoms with Crippen molar-refractivity contribution in [2.45, 2.75) is 38.4 Å². The van der Waals surface area contributed by atoms with E-state index in [1.165, 1.54) is 28.0 Å². The molecule has 3 rings (SSSR count). The maximum atomic E-state index is 12.1. The van der Waals surface area contributed by atoms with Crippen LogP contribution in [0.4, 0.5) is 5.13 Å². The lowest BCUT2D eigenvalue weighted by atomic mass is 10.2. The van der Waals surface area contributed by atoms with Gasteiger partial charge in [-0.05, 0) is 18.9 Å². The fourth-order valence-electron chi connectivity index (χ4n) is 2.29. The maximum absolute atomic E-state index is 12.1. The van der Waals surface area contributed by atoms with E-state index in [-0.39, 0.29) is 11.7 Å². The van der Waals surface area contributed by atoms with Crippen LogP contribution in [-0.4, -0.2) is 31.4 Å². The van der Waals surface area contributed by atoms with Crippen LogP contribution in [0, 0.1) is 0 Å². The van der Waals surface area contributed by atoms with Crippen LogP contribution in [-0.2, 0) is 17.8 Å². The molecule has 132 valence electrons. The normalized spacial score (nSPS) is 11.0. The van der Waals surface area contributed by atoms with Crippen LogP contribution >= 0.6 is 34.4 Å². The summed E-state index contributed by atoms with van der Waals surface area (Å²) in [5, 5.41) is 16.8. The van der Waals surface area contributed by atoms with Gasteiger partial charge in [-0.2, -0.15) is 0 Å². The van der Waals surface area contributed by atoms with Crippen molar-refractivity contribution in [1.82, 2.24) is 19.7 Å². The zero-order valence-electron chi connectivity index (χ0n) is 14.1. The Balaban J connectivity index is 1.71. The van der Waals surface area contributed by atoms with Gasteiger partial charge in [0.25, 0.3) is 0 Å². The highest BCUT2D eigenvalue weighted by Gasteiger charge is 2.16. The van der Waals surface area contributed by atoms with Crippen molar-refractivity contribution in [2.24, 2.45) is 0 Å². The molecule has 3 aromatic rings. The summed E-state index contributed by atoms with van der Waals surface area (Å²) in [5.41, 5.74) is 1.10. The van der Waals surface area contributed by atoms with Crippen molar-refractivity contribution in [3.05, 3.63) is 27.9 Å². The molecule has 9 heteroatoms. The van der Waals surface area contributed by atoms with E-state index >= 15 is 0 Å². The molecular formula is C16H19N5OS3. The van der Waals surface area contributed by atoms with Crippen molar-refractivity contribution in [3.63, 3.8) is 0 Å². The molecule has 3 aromatic heterocycles. The van der Waals surface area contributed by atoms with Crippen molar-refractivity contribution < 1.29 is 4.79 Å². The minimum Gasteiger partial charge on any atom is -0.302 e. The average Bonchev–Trinajstić information content (AvgIpc) is 3.34. The van der Waals surface area contributed by atoms with Crippen molar-refractivity contribution in [1.29, 1.82) is 0 Å². The Bertz CT molecular complexity index is 825. The van der Waals surface area contributed by atoms with Crippen molar-refractivity contribution >= 4 is 45.5 Å². The number of carbonyl (C=O) groups excluding carboxylic acids is 1. The molecule has 25 heavy (non-hydrogen) atoms. The predicted molar refractivity (Wildman–Crippen MR) is 104 cm³/mol. The van der Waals surface area contributed by atoms with Crippen LogP contribution in [0.15, 0.2) is 28.2 Å². The lowest BCUT2D eigenvalue weighted by Crippen LogP contribution is -2.14. The number of amides is 1. The van der Waals surface area contributed by atoms with Crippen LogP contribution in [0.3, 0.4) is 0 Å². The first kappa shape index (κ1) is 18.1. The second-order valence-corrected chi connectivity index (χ2v) is 8.12. The minimum absolute atomic E-state index is 0.0867. The third kappa shape index (κ3) is 4.47. The summed E-state index contributed by atoms with van der Waals surface area (Å²) in [6.07, 6.45) is 3.67. The van der Waals surface area contributed by atoms with Gasteiger partial charge < -0.3 is 9.88 Å². The fraction of sp³-hybridized carbons (Fsp3) is 0.375. The molecule has 0 saturated carbocycles. The molecule has 6 nitrogen and oxygen atoms in total. The SMILES string of the molecule is CCCn1c(SCC(=O)Nc2nccs2)nnc1-c1csc(CC)c1. The Hall–Kier alpha value is -1.71. The number of anilines is 1. The van der Waals surface area contributed by atoms with Gasteiger partial charge in [0.2, 0.25) is 5.91 Å². The molecule has 0 bridgehead atoms. The molecule has 1 N–H and O–H groups in total. The molecule has 3 heterocycles. The highest BCUT2D eigenvalue weighted by molar-refractivity contribution is 7.99. The number of nitrogens with one attached hydrogen (secondary N) is 1. The van der Waals surface area contributed by atoms with Crippen LogP contribution in [0.5, 0.6) is 0 Å². The van der Waals surface area contributed by atoms with E-state index in [9.17, 15) is 4.79 Å². The van der Waals surface area contributed by atoms with Crippen LogP contribution < -0.4 is 5.32 Å². The van der Waals surface area contributed by atoms with Crippen LogP contribution in [0.2, 0.25) is 0 Å². The van der Waals surface area contributed by atoms with E-state index in [0.717, 1.165) is 35.9 Å². The van der Waals surface area contributed by atoms with Crippen LogP contribution in [0.1, 0.15) is 25.1 Å². The number of thioether (sulfide) groups is 1. The molecule has 0 saturated heterocycles. The predicted octanol–water partition coefficient (Wildman–Crippen LogP) is 4.17. The van der Waals surface area contributed by atoms with Crippen LogP contribution in [0.25, 0.3) is 11.4 Å². The number of carbonyl (C=O) groups is 1. The average molecular weight is 394 g/mol. The molecule has 0 aliphatic carbocycles. The molecule has 0 aliphatic rings. The Labute approximate surface area is 158 Å². The van der Waals surface area contributed by atoms with Gasteiger partial charge in [-0.3, -0.25) is 4.79 Å². The Morgan fingerprint density at radius 3 is 2.88 bits per heavy atom. The molecule has 0 unspecified atom stereocenters. The fourth-order valence-corrected chi connectivity index (χ4v) is 4.41. The van der Waals surface area contributed by atoms with Gasteiger partial charge in [0.15, 0.2) is 16.1 Å². The molecule has 0 aromatic carbocycles. The topological polar surface area (TPSA) is 72.7 Å². The van der Waals surface area contributed by atoms with E-state index in [4.69, 9.17) is 0 Å². The summed E-state index contributed by atoms with van der Waals surface area (Å²) in [7, 11) is 0. The zero-order valence-corrected chi connectivity index (χ0v) is 16.5. The minimum atomic E-state index is -0.0867. The third-order valence-electron chi connectivity index (χ3n) is 3.44. The zero-order chi connectivity index (χ0) is 17.6. The number of thiazole rings is 1. The smallest absolute Gasteiger partial charge is 0.236 e. The van der Waals surface area contributed by atoms with E-state index in [2.05, 4.69) is 50.4 Å². The van der Waals surface area contributed by atoms with E-state index in [0.29, 0.717) is 5.13 Å². The first-order chi connectivity index (χ1) is 12.2. The van der Waals surface area contributed by atoms with Gasteiger partial charge in [0.1, 0.15) is 0 Å². The number of hydrogen-bond donors (Lipinski definition) is 1. The summed E-state index contributed by atoms with van der Waals surface area (Å²) in [6, 6.07) is 2.17. The number of aryl methyl sites for hydroxylation is 1. The van der Waals surface area contributed by atoms with Gasteiger partial charge >= 0.3 is 0 Å². The largest absolute Gasteiger partial charge is 0.302 e. The van der Waals surface area contributed by atoms with E-state index < -0.39 is 0 Å². The molecule has 0 radical (unpaired) electrons. The maximum Gasteiger partial charge on any atom is 0.236 e. The molecule has 0 atom stereocenters. The molecule has 1 amide bonds. The molecule has 0 fully saturated rings. The number of rotatable bonds is 8. The standard InChI is InChI=1S/C16H19N5OS3/c1-3-6-21-14(11-8-12(4-2)24-9-11)19-20-16(21)25-10-13(22)18-15-17-5-7-23-15/h5,7-9H,3-4,6,10H2,1-2H3,(H,17,18,22). The first-order valence-electron chi connectivity index (χ1n) is 8.04. The lowest BCUT2D eigenvalue weighted by Gasteiger charge is -2.07. The van der Waals surface area contributed by atoms with Crippen molar-refractivity contribution in [3.8, 4) is 11.4 Å². The second-order valence-electron chi connectivity index (χ2n) is 5.29. The molecule has 0 aliphatic heterocycles. The lowest BCUT2D eigenvalue weighted by molar-refractivity contribution is -0.113. The quantitative estimate of drug-likeness (QED) is 0.582. The summed E-state index contributed by atoms with van der Waals surface area (Å²) in [4.78, 5) is 17.4. The highest BCUT2D eigenvalue weighted by Crippen LogP contribution is 2.28. The number of aromatic nitrogens is 4. The molecular weight excluding hydrogens is 374 g/mol. The first-order valence-corrected chi connectivity index (χ1v) is 10.8. The third-order valence-corrected chi connectivity index (χ3v) is 6.17. The molecule has 0 spiro atoms. The monoisotopic (exact) mass is 393 g/mol. The van der Waals surface area contributed by atoms with E-state index in [1.54, 1.807) is 17.5 Å². The van der Waals surface area contributed by atoms with Gasteiger partial charge in [0, 0.05) is 33.9 Å². The highest BCUT2D eigenvalue weighted by atomic mass is 32.2.